The maximum absolute atomic E-state index is 12.4. The van der Waals surface area contributed by atoms with E-state index in [-0.39, 0.29) is 5.91 Å². The van der Waals surface area contributed by atoms with Crippen molar-refractivity contribution in [1.82, 2.24) is 25.1 Å². The summed E-state index contributed by atoms with van der Waals surface area (Å²) >= 11 is 4.96. The Morgan fingerprint density at radius 3 is 2.76 bits per heavy atom. The average molecular weight is 475 g/mol. The molecule has 1 aliphatic heterocycles. The van der Waals surface area contributed by atoms with Crippen LogP contribution in [0.2, 0.25) is 0 Å². The number of carbonyl (C=O) groups excluding carboxylic acids is 1. The molecular formula is C20H23BrN6OS. The van der Waals surface area contributed by atoms with E-state index >= 15 is 0 Å². The predicted molar refractivity (Wildman–Crippen MR) is 120 cm³/mol. The Hall–Kier alpha value is -2.13. The lowest BCUT2D eigenvalue weighted by Crippen LogP contribution is -2.30. The summed E-state index contributed by atoms with van der Waals surface area (Å²) in [6.45, 7) is 3.05. The summed E-state index contributed by atoms with van der Waals surface area (Å²) in [5.41, 5.74) is 1.44. The van der Waals surface area contributed by atoms with Crippen molar-refractivity contribution in [3.63, 3.8) is 0 Å². The van der Waals surface area contributed by atoms with Gasteiger partial charge in [-0.05, 0) is 53.6 Å². The highest BCUT2D eigenvalue weighted by atomic mass is 79.9. The Morgan fingerprint density at radius 1 is 1.21 bits per heavy atom. The summed E-state index contributed by atoms with van der Waals surface area (Å²) in [5.74, 6) is 0.866. The van der Waals surface area contributed by atoms with E-state index < -0.39 is 0 Å². The van der Waals surface area contributed by atoms with E-state index in [0.29, 0.717) is 18.7 Å². The molecule has 1 N–H and O–H groups in total. The summed E-state index contributed by atoms with van der Waals surface area (Å²) < 4.78 is 2.63. The summed E-state index contributed by atoms with van der Waals surface area (Å²) in [5, 5.41) is 9.21. The number of halogens is 1. The lowest BCUT2D eigenvalue weighted by molar-refractivity contribution is 0.0951. The van der Waals surface area contributed by atoms with Crippen molar-refractivity contribution in [3.8, 4) is 0 Å². The number of aromatic nitrogens is 4. The lowest BCUT2D eigenvalue weighted by atomic mass is 10.1. The number of rotatable bonds is 6. The van der Waals surface area contributed by atoms with Gasteiger partial charge in [0.25, 0.3) is 5.91 Å². The molecular weight excluding hydrogens is 452 g/mol. The number of fused-ring (bicyclic) bond motifs is 1. The number of anilines is 1. The fourth-order valence-corrected chi connectivity index (χ4v) is 4.36. The maximum atomic E-state index is 12.4. The van der Waals surface area contributed by atoms with Crippen LogP contribution in [0.3, 0.4) is 0 Å². The number of hydrogen-bond acceptors (Lipinski definition) is 6. The molecule has 1 aromatic carbocycles. The molecule has 9 heteroatoms. The minimum Gasteiger partial charge on any atom is -0.356 e. The standard InChI is InChI=1S/C20H23BrN6OS/c1-29-20-24-17(26-10-5-2-6-11-26)15-13-23-27(18(15)25-20)12-9-22-19(28)14-7-3-4-8-16(14)21/h3-4,7-8,13H,2,5-6,9-12H2,1H3,(H,22,28). The van der Waals surface area contributed by atoms with Gasteiger partial charge >= 0.3 is 0 Å². The summed E-state index contributed by atoms with van der Waals surface area (Å²) in [6.07, 6.45) is 7.49. The molecule has 29 heavy (non-hydrogen) atoms. The number of amides is 1. The quantitative estimate of drug-likeness (QED) is 0.433. The van der Waals surface area contributed by atoms with Crippen LogP contribution in [0.5, 0.6) is 0 Å². The Labute approximate surface area is 182 Å². The number of hydrogen-bond donors (Lipinski definition) is 1. The van der Waals surface area contributed by atoms with Crippen molar-refractivity contribution in [3.05, 3.63) is 40.5 Å². The smallest absolute Gasteiger partial charge is 0.252 e. The first kappa shape index (κ1) is 20.2. The van der Waals surface area contributed by atoms with Crippen molar-refractivity contribution >= 4 is 50.5 Å². The largest absolute Gasteiger partial charge is 0.356 e. The van der Waals surface area contributed by atoms with E-state index in [0.717, 1.165) is 39.6 Å². The number of nitrogens with zero attached hydrogens (tertiary/aromatic N) is 5. The predicted octanol–water partition coefficient (Wildman–Crippen LogP) is 3.73. The maximum Gasteiger partial charge on any atom is 0.252 e. The molecule has 0 spiro atoms. The van der Waals surface area contributed by atoms with E-state index in [1.807, 2.05) is 35.3 Å². The monoisotopic (exact) mass is 474 g/mol. The van der Waals surface area contributed by atoms with Gasteiger partial charge in [0.1, 0.15) is 5.82 Å². The molecule has 2 aromatic heterocycles. The van der Waals surface area contributed by atoms with Crippen LogP contribution in [0.4, 0.5) is 5.82 Å². The number of carbonyl (C=O) groups is 1. The number of piperidine rings is 1. The highest BCUT2D eigenvalue weighted by Crippen LogP contribution is 2.28. The van der Waals surface area contributed by atoms with Crippen LogP contribution in [-0.2, 0) is 6.54 Å². The van der Waals surface area contributed by atoms with Crippen LogP contribution in [0.25, 0.3) is 11.0 Å². The minimum atomic E-state index is -0.109. The van der Waals surface area contributed by atoms with Gasteiger partial charge in [0.15, 0.2) is 10.8 Å². The first-order valence-electron chi connectivity index (χ1n) is 9.72. The molecule has 1 aliphatic rings. The second-order valence-electron chi connectivity index (χ2n) is 6.92. The number of benzene rings is 1. The van der Waals surface area contributed by atoms with Gasteiger partial charge in [-0.25, -0.2) is 14.6 Å². The Kier molecular flexibility index (Phi) is 6.34. The molecule has 152 valence electrons. The molecule has 3 heterocycles. The van der Waals surface area contributed by atoms with E-state index in [2.05, 4.69) is 36.2 Å². The first-order valence-corrected chi connectivity index (χ1v) is 11.7. The Balaban J connectivity index is 1.52. The topological polar surface area (TPSA) is 75.9 Å². The fourth-order valence-electron chi connectivity index (χ4n) is 3.54. The molecule has 0 saturated carbocycles. The first-order chi connectivity index (χ1) is 14.2. The summed E-state index contributed by atoms with van der Waals surface area (Å²) in [7, 11) is 0. The second kappa shape index (κ2) is 9.13. The molecule has 7 nitrogen and oxygen atoms in total. The van der Waals surface area contributed by atoms with E-state index in [1.165, 1.54) is 31.0 Å². The van der Waals surface area contributed by atoms with Gasteiger partial charge in [-0.1, -0.05) is 23.9 Å². The van der Waals surface area contributed by atoms with Crippen LogP contribution in [0.15, 0.2) is 40.1 Å². The third kappa shape index (κ3) is 4.40. The van der Waals surface area contributed by atoms with Gasteiger partial charge in [0.2, 0.25) is 0 Å². The summed E-state index contributed by atoms with van der Waals surface area (Å²) in [4.78, 5) is 24.2. The minimum absolute atomic E-state index is 0.109. The fraction of sp³-hybridized carbons (Fsp3) is 0.400. The number of nitrogens with one attached hydrogen (secondary N) is 1. The van der Waals surface area contributed by atoms with E-state index in [9.17, 15) is 4.79 Å². The van der Waals surface area contributed by atoms with Crippen LogP contribution in [-0.4, -0.2) is 51.5 Å². The molecule has 4 rings (SSSR count). The van der Waals surface area contributed by atoms with Gasteiger partial charge < -0.3 is 10.2 Å². The second-order valence-corrected chi connectivity index (χ2v) is 8.55. The van der Waals surface area contributed by atoms with E-state index in [4.69, 9.17) is 4.98 Å². The summed E-state index contributed by atoms with van der Waals surface area (Å²) in [6, 6.07) is 7.40. The highest BCUT2D eigenvalue weighted by molar-refractivity contribution is 9.10. The molecule has 0 aliphatic carbocycles. The van der Waals surface area contributed by atoms with Crippen molar-refractivity contribution in [2.45, 2.75) is 31.0 Å². The van der Waals surface area contributed by atoms with Crippen LogP contribution >= 0.6 is 27.7 Å². The zero-order valence-electron chi connectivity index (χ0n) is 16.3. The van der Waals surface area contributed by atoms with Crippen LogP contribution < -0.4 is 10.2 Å². The molecule has 1 saturated heterocycles. The highest BCUT2D eigenvalue weighted by Gasteiger charge is 2.19. The van der Waals surface area contributed by atoms with Crippen molar-refractivity contribution in [2.24, 2.45) is 0 Å². The lowest BCUT2D eigenvalue weighted by Gasteiger charge is -2.28. The molecule has 1 fully saturated rings. The van der Waals surface area contributed by atoms with E-state index in [1.54, 1.807) is 6.07 Å². The van der Waals surface area contributed by atoms with Gasteiger partial charge in [0.05, 0.1) is 23.7 Å². The van der Waals surface area contributed by atoms with Gasteiger partial charge in [-0.3, -0.25) is 4.79 Å². The van der Waals surface area contributed by atoms with Crippen LogP contribution in [0.1, 0.15) is 29.6 Å². The molecule has 1 amide bonds. The molecule has 0 bridgehead atoms. The molecule has 0 radical (unpaired) electrons. The molecule has 0 unspecified atom stereocenters. The van der Waals surface area contributed by atoms with Gasteiger partial charge in [0, 0.05) is 24.1 Å². The number of thioether (sulfide) groups is 1. The van der Waals surface area contributed by atoms with Crippen molar-refractivity contribution in [2.75, 3.05) is 30.8 Å². The van der Waals surface area contributed by atoms with Crippen LogP contribution in [0, 0.1) is 0 Å². The zero-order valence-corrected chi connectivity index (χ0v) is 18.7. The molecule has 0 atom stereocenters. The molecule has 3 aromatic rings. The third-order valence-electron chi connectivity index (χ3n) is 5.02. The SMILES string of the molecule is CSc1nc(N2CCCCC2)c2cnn(CCNC(=O)c3ccccc3Br)c2n1. The van der Waals surface area contributed by atoms with Crippen molar-refractivity contribution in [1.29, 1.82) is 0 Å². The normalized spacial score (nSPS) is 14.3. The Bertz CT molecular complexity index is 1020. The van der Waals surface area contributed by atoms with Crippen molar-refractivity contribution < 1.29 is 4.79 Å². The average Bonchev–Trinajstić information content (AvgIpc) is 3.16. The van der Waals surface area contributed by atoms with Gasteiger partial charge in [-0.15, -0.1) is 0 Å². The third-order valence-corrected chi connectivity index (χ3v) is 6.26. The Morgan fingerprint density at radius 2 is 2.00 bits per heavy atom. The zero-order chi connectivity index (χ0) is 20.2. The van der Waals surface area contributed by atoms with Gasteiger partial charge in [-0.2, -0.15) is 5.10 Å².